The number of hydrogen-bond acceptors (Lipinski definition) is 4. The summed E-state index contributed by atoms with van der Waals surface area (Å²) in [5.74, 6) is 0.510. The lowest BCUT2D eigenvalue weighted by molar-refractivity contribution is 0.368. The number of rotatable bonds is 6. The van der Waals surface area contributed by atoms with Crippen LogP contribution in [-0.4, -0.2) is 21.1 Å². The third kappa shape index (κ3) is 5.03. The zero-order chi connectivity index (χ0) is 13.6. The zero-order valence-corrected chi connectivity index (χ0v) is 11.0. The molecule has 0 atom stereocenters. The molecule has 7 heteroatoms. The van der Waals surface area contributed by atoms with E-state index in [4.69, 9.17) is 10.00 Å². The van der Waals surface area contributed by atoms with E-state index in [2.05, 4.69) is 9.44 Å². The summed E-state index contributed by atoms with van der Waals surface area (Å²) in [5, 5.41) is 8.34. The maximum absolute atomic E-state index is 11.6. The van der Waals surface area contributed by atoms with Crippen LogP contribution in [0, 0.1) is 11.3 Å². The van der Waals surface area contributed by atoms with Gasteiger partial charge in [0.05, 0.1) is 5.69 Å². The molecule has 0 aromatic heterocycles. The minimum atomic E-state index is -3.56. The van der Waals surface area contributed by atoms with Crippen LogP contribution in [0.4, 0.5) is 5.69 Å². The molecule has 0 aliphatic rings. The Labute approximate surface area is 107 Å². The highest BCUT2D eigenvalue weighted by Gasteiger charge is 2.10. The molecule has 0 unspecified atom stereocenters. The van der Waals surface area contributed by atoms with Gasteiger partial charge in [0.25, 0.3) is 10.2 Å². The van der Waals surface area contributed by atoms with Gasteiger partial charge in [0.1, 0.15) is 11.8 Å². The van der Waals surface area contributed by atoms with Crippen molar-refractivity contribution < 1.29 is 13.2 Å². The number of nitriles is 1. The van der Waals surface area contributed by atoms with Crippen LogP contribution in [0.1, 0.15) is 13.8 Å². The van der Waals surface area contributed by atoms with E-state index in [0.717, 1.165) is 0 Å². The molecule has 98 valence electrons. The van der Waals surface area contributed by atoms with E-state index in [9.17, 15) is 8.42 Å². The average Bonchev–Trinajstić information content (AvgIpc) is 2.26. The standard InChI is InChI=1S/C11H15N3O3S/c1-9(2)13-18(15,16)14-10-3-5-11(6-4-10)17-8-7-12/h3-6,9,13-14H,8H2,1-2H3. The maximum atomic E-state index is 11.6. The van der Waals surface area contributed by atoms with Crippen LogP contribution >= 0.6 is 0 Å². The van der Waals surface area contributed by atoms with Crippen LogP contribution in [0.5, 0.6) is 5.75 Å². The summed E-state index contributed by atoms with van der Waals surface area (Å²) < 4.78 is 33.0. The Morgan fingerprint density at radius 1 is 1.33 bits per heavy atom. The summed E-state index contributed by atoms with van der Waals surface area (Å²) in [4.78, 5) is 0. The first-order chi connectivity index (χ1) is 8.43. The second-order valence-corrected chi connectivity index (χ2v) is 5.30. The molecule has 0 saturated carbocycles. The fourth-order valence-corrected chi connectivity index (χ4v) is 2.36. The first-order valence-corrected chi connectivity index (χ1v) is 6.81. The van der Waals surface area contributed by atoms with Gasteiger partial charge in [-0.1, -0.05) is 0 Å². The van der Waals surface area contributed by atoms with Gasteiger partial charge in [-0.15, -0.1) is 0 Å². The number of ether oxygens (including phenoxy) is 1. The van der Waals surface area contributed by atoms with Crippen molar-refractivity contribution in [2.75, 3.05) is 11.3 Å². The highest BCUT2D eigenvalue weighted by molar-refractivity contribution is 7.90. The van der Waals surface area contributed by atoms with Gasteiger partial charge in [-0.3, -0.25) is 4.72 Å². The fourth-order valence-electron chi connectivity index (χ4n) is 1.23. The molecule has 0 heterocycles. The topological polar surface area (TPSA) is 91.2 Å². The Hall–Kier alpha value is -1.78. The lowest BCUT2D eigenvalue weighted by Gasteiger charge is -2.11. The summed E-state index contributed by atoms with van der Waals surface area (Å²) >= 11 is 0. The summed E-state index contributed by atoms with van der Waals surface area (Å²) in [6.45, 7) is 3.43. The molecule has 1 aromatic rings. The molecule has 0 aliphatic heterocycles. The van der Waals surface area contributed by atoms with E-state index >= 15 is 0 Å². The molecular weight excluding hydrogens is 254 g/mol. The summed E-state index contributed by atoms with van der Waals surface area (Å²) in [6.07, 6.45) is 0. The summed E-state index contributed by atoms with van der Waals surface area (Å²) in [7, 11) is -3.56. The van der Waals surface area contributed by atoms with Gasteiger partial charge in [-0.25, -0.2) is 0 Å². The van der Waals surface area contributed by atoms with Crippen molar-refractivity contribution in [2.24, 2.45) is 0 Å². The highest BCUT2D eigenvalue weighted by Crippen LogP contribution is 2.16. The Bertz CT molecular complexity index is 517. The Kier molecular flexibility index (Phi) is 4.95. The van der Waals surface area contributed by atoms with Crippen LogP contribution < -0.4 is 14.2 Å². The first kappa shape index (κ1) is 14.3. The van der Waals surface area contributed by atoms with E-state index in [1.807, 2.05) is 6.07 Å². The predicted molar refractivity (Wildman–Crippen MR) is 68.4 cm³/mol. The monoisotopic (exact) mass is 269 g/mol. The van der Waals surface area contributed by atoms with Gasteiger partial charge in [-0.05, 0) is 38.1 Å². The number of nitrogens with zero attached hydrogens (tertiary/aromatic N) is 1. The molecule has 0 spiro atoms. The number of benzene rings is 1. The maximum Gasteiger partial charge on any atom is 0.299 e. The summed E-state index contributed by atoms with van der Waals surface area (Å²) in [6, 6.07) is 7.97. The Balaban J connectivity index is 2.67. The van der Waals surface area contributed by atoms with Crippen LogP contribution in [0.25, 0.3) is 0 Å². The SMILES string of the molecule is CC(C)NS(=O)(=O)Nc1ccc(OCC#N)cc1. The molecular formula is C11H15N3O3S. The van der Waals surface area contributed by atoms with Crippen LogP contribution in [0.15, 0.2) is 24.3 Å². The molecule has 0 radical (unpaired) electrons. The van der Waals surface area contributed by atoms with Gasteiger partial charge < -0.3 is 4.74 Å². The van der Waals surface area contributed by atoms with E-state index < -0.39 is 10.2 Å². The van der Waals surface area contributed by atoms with Gasteiger partial charge in [-0.2, -0.15) is 18.4 Å². The van der Waals surface area contributed by atoms with Gasteiger partial charge in [0.2, 0.25) is 0 Å². The van der Waals surface area contributed by atoms with Gasteiger partial charge in [0.15, 0.2) is 6.61 Å². The van der Waals surface area contributed by atoms with Crippen molar-refractivity contribution in [3.05, 3.63) is 24.3 Å². The van der Waals surface area contributed by atoms with E-state index in [-0.39, 0.29) is 12.6 Å². The number of nitrogens with one attached hydrogen (secondary N) is 2. The third-order valence-corrected chi connectivity index (χ3v) is 3.09. The van der Waals surface area contributed by atoms with Crippen molar-refractivity contribution in [1.29, 1.82) is 5.26 Å². The second kappa shape index (κ2) is 6.23. The Morgan fingerprint density at radius 2 is 1.94 bits per heavy atom. The van der Waals surface area contributed by atoms with Crippen LogP contribution in [0.3, 0.4) is 0 Å². The minimum absolute atomic E-state index is 0.0417. The van der Waals surface area contributed by atoms with E-state index in [0.29, 0.717) is 11.4 Å². The fraction of sp³-hybridized carbons (Fsp3) is 0.364. The molecule has 1 aromatic carbocycles. The van der Waals surface area contributed by atoms with E-state index in [1.165, 1.54) is 0 Å². The third-order valence-electron chi connectivity index (χ3n) is 1.80. The molecule has 0 fully saturated rings. The largest absolute Gasteiger partial charge is 0.479 e. The quantitative estimate of drug-likeness (QED) is 0.813. The Morgan fingerprint density at radius 3 is 2.44 bits per heavy atom. The molecule has 18 heavy (non-hydrogen) atoms. The summed E-state index contributed by atoms with van der Waals surface area (Å²) in [5.41, 5.74) is 0.424. The van der Waals surface area contributed by atoms with Crippen molar-refractivity contribution in [2.45, 2.75) is 19.9 Å². The second-order valence-electron chi connectivity index (χ2n) is 3.85. The molecule has 0 bridgehead atoms. The van der Waals surface area contributed by atoms with Crippen molar-refractivity contribution in [1.82, 2.24) is 4.72 Å². The van der Waals surface area contributed by atoms with Crippen LogP contribution in [0.2, 0.25) is 0 Å². The molecule has 0 aliphatic carbocycles. The van der Waals surface area contributed by atoms with Crippen molar-refractivity contribution >= 4 is 15.9 Å². The molecule has 0 amide bonds. The van der Waals surface area contributed by atoms with Gasteiger partial charge >= 0.3 is 0 Å². The molecule has 0 saturated heterocycles. The lowest BCUT2D eigenvalue weighted by Crippen LogP contribution is -2.35. The van der Waals surface area contributed by atoms with Crippen molar-refractivity contribution in [3.8, 4) is 11.8 Å². The number of hydrogen-bond donors (Lipinski definition) is 2. The molecule has 2 N–H and O–H groups in total. The smallest absolute Gasteiger partial charge is 0.299 e. The predicted octanol–water partition coefficient (Wildman–Crippen LogP) is 1.24. The first-order valence-electron chi connectivity index (χ1n) is 5.33. The number of anilines is 1. The van der Waals surface area contributed by atoms with Crippen molar-refractivity contribution in [3.63, 3.8) is 0 Å². The molecule has 1 rings (SSSR count). The van der Waals surface area contributed by atoms with Crippen LogP contribution in [-0.2, 0) is 10.2 Å². The zero-order valence-electron chi connectivity index (χ0n) is 10.2. The average molecular weight is 269 g/mol. The molecule has 6 nitrogen and oxygen atoms in total. The lowest BCUT2D eigenvalue weighted by atomic mass is 10.3. The highest BCUT2D eigenvalue weighted by atomic mass is 32.2. The minimum Gasteiger partial charge on any atom is -0.479 e. The van der Waals surface area contributed by atoms with Gasteiger partial charge in [0, 0.05) is 6.04 Å². The normalized spacial score (nSPS) is 11.0. The van der Waals surface area contributed by atoms with E-state index in [1.54, 1.807) is 38.1 Å².